The van der Waals surface area contributed by atoms with Gasteiger partial charge in [0.1, 0.15) is 5.76 Å². The summed E-state index contributed by atoms with van der Waals surface area (Å²) in [5.41, 5.74) is -0.427. The molecule has 0 atom stereocenters. The number of benzene rings is 1. The summed E-state index contributed by atoms with van der Waals surface area (Å²) in [4.78, 5) is 36.9. The average Bonchev–Trinajstić information content (AvgIpc) is 3.12. The molecule has 0 fully saturated rings. The third-order valence-electron chi connectivity index (χ3n) is 4.50. The lowest BCUT2D eigenvalue weighted by Gasteiger charge is -2.28. The molecule has 2 rings (SSSR count). The normalized spacial score (nSPS) is 10.9. The summed E-state index contributed by atoms with van der Waals surface area (Å²) < 4.78 is 20.5. The third-order valence-corrected chi connectivity index (χ3v) is 4.50. The fraction of sp³-hybridized carbons (Fsp3) is 0.429. The Balaban J connectivity index is 2.44. The molecule has 1 N–H and O–H groups in total. The second-order valence-electron chi connectivity index (χ2n) is 6.55. The number of aromatic nitrogens is 1. The van der Waals surface area contributed by atoms with Gasteiger partial charge in [0.15, 0.2) is 0 Å². The molecule has 1 heterocycles. The highest BCUT2D eigenvalue weighted by Crippen LogP contribution is 2.28. The van der Waals surface area contributed by atoms with Gasteiger partial charge in [-0.05, 0) is 30.5 Å². The quantitative estimate of drug-likeness (QED) is 0.457. The lowest BCUT2D eigenvalue weighted by Crippen LogP contribution is -2.62. The molecule has 2 aromatic rings. The van der Waals surface area contributed by atoms with E-state index < -0.39 is 23.4 Å². The number of methoxy groups -OCH3 is 2. The minimum Gasteiger partial charge on any atom is -0.476 e. The topological polar surface area (TPSA) is 117 Å². The highest BCUT2D eigenvalue weighted by Gasteiger charge is 2.51. The number of nitrogens with zero attached hydrogens (tertiary/aromatic N) is 1. The molecule has 9 heteroatoms. The number of amides is 1. The monoisotopic (exact) mass is 418 g/mol. The number of nitrogens with one attached hydrogen (secondary N) is 1. The molecule has 1 amide bonds. The molecular weight excluding hydrogens is 392 g/mol. The predicted molar refractivity (Wildman–Crippen MR) is 106 cm³/mol. The summed E-state index contributed by atoms with van der Waals surface area (Å²) in [5, 5.41) is 6.31. The predicted octanol–water partition coefficient (Wildman–Crippen LogP) is 1.62. The van der Waals surface area contributed by atoms with Gasteiger partial charge in [0.25, 0.3) is 5.88 Å². The van der Waals surface area contributed by atoms with Crippen LogP contribution in [0.1, 0.15) is 30.7 Å². The highest BCUT2D eigenvalue weighted by atomic mass is 16.6. The fourth-order valence-corrected chi connectivity index (χ4v) is 3.14. The van der Waals surface area contributed by atoms with Gasteiger partial charge in [-0.2, -0.15) is 0 Å². The van der Waals surface area contributed by atoms with Crippen molar-refractivity contribution in [3.05, 3.63) is 47.2 Å². The van der Waals surface area contributed by atoms with Crippen molar-refractivity contribution >= 4 is 17.8 Å². The minimum absolute atomic E-state index is 0.221. The summed E-state index contributed by atoms with van der Waals surface area (Å²) in [5.74, 6) is -2.07. The molecule has 9 nitrogen and oxygen atoms in total. The number of aryl methyl sites for hydroxylation is 1. The second kappa shape index (κ2) is 10.4. The first kappa shape index (κ1) is 22.9. The lowest BCUT2D eigenvalue weighted by atomic mass is 9.91. The number of carbonyl (C=O) groups is 3. The number of carbonyl (C=O) groups excluding carboxylic acids is 3. The highest BCUT2D eigenvalue weighted by molar-refractivity contribution is 6.07. The van der Waals surface area contributed by atoms with Gasteiger partial charge in [0, 0.05) is 6.92 Å². The number of hydrogen-bond acceptors (Lipinski definition) is 8. The van der Waals surface area contributed by atoms with Crippen LogP contribution >= 0.6 is 0 Å². The smallest absolute Gasteiger partial charge is 0.343 e. The van der Waals surface area contributed by atoms with E-state index in [-0.39, 0.29) is 18.1 Å². The van der Waals surface area contributed by atoms with Crippen molar-refractivity contribution in [3.63, 3.8) is 0 Å². The fourth-order valence-electron chi connectivity index (χ4n) is 3.14. The van der Waals surface area contributed by atoms with Crippen molar-refractivity contribution in [2.45, 2.75) is 38.6 Å². The Morgan fingerprint density at radius 2 is 1.70 bits per heavy atom. The van der Waals surface area contributed by atoms with E-state index >= 15 is 0 Å². The largest absolute Gasteiger partial charge is 0.476 e. The van der Waals surface area contributed by atoms with Crippen molar-refractivity contribution in [2.75, 3.05) is 20.8 Å². The Morgan fingerprint density at radius 1 is 1.07 bits per heavy atom. The molecule has 0 aliphatic rings. The van der Waals surface area contributed by atoms with Gasteiger partial charge in [-0.15, -0.1) is 0 Å². The Bertz CT molecular complexity index is 861. The van der Waals surface area contributed by atoms with Gasteiger partial charge in [0.2, 0.25) is 11.4 Å². The molecular formula is C21H26N2O7. The van der Waals surface area contributed by atoms with E-state index in [0.717, 1.165) is 19.8 Å². The molecule has 0 unspecified atom stereocenters. The molecule has 0 aliphatic heterocycles. The van der Waals surface area contributed by atoms with Crippen LogP contribution in [0, 0.1) is 0 Å². The van der Waals surface area contributed by atoms with Crippen LogP contribution in [-0.2, 0) is 43.1 Å². The Labute approximate surface area is 174 Å². The Morgan fingerprint density at radius 3 is 2.23 bits per heavy atom. The summed E-state index contributed by atoms with van der Waals surface area (Å²) in [6, 6.07) is 9.76. The van der Waals surface area contributed by atoms with Gasteiger partial charge in [0.05, 0.1) is 32.8 Å². The van der Waals surface area contributed by atoms with Crippen LogP contribution in [0.5, 0.6) is 5.88 Å². The maximum atomic E-state index is 12.6. The first-order valence-corrected chi connectivity index (χ1v) is 9.47. The molecule has 0 saturated carbocycles. The zero-order valence-corrected chi connectivity index (χ0v) is 17.5. The van der Waals surface area contributed by atoms with Crippen LogP contribution < -0.4 is 10.1 Å². The zero-order chi connectivity index (χ0) is 22.1. The van der Waals surface area contributed by atoms with Crippen molar-refractivity contribution in [3.8, 4) is 5.88 Å². The molecule has 1 aromatic carbocycles. The number of rotatable bonds is 10. The van der Waals surface area contributed by atoms with Gasteiger partial charge < -0.3 is 24.1 Å². The van der Waals surface area contributed by atoms with Crippen LogP contribution in [0.25, 0.3) is 0 Å². The van der Waals surface area contributed by atoms with E-state index in [2.05, 4.69) is 10.5 Å². The van der Waals surface area contributed by atoms with Gasteiger partial charge in [-0.25, -0.2) is 9.59 Å². The third kappa shape index (κ3) is 5.16. The average molecular weight is 418 g/mol. The van der Waals surface area contributed by atoms with Gasteiger partial charge >= 0.3 is 11.9 Å². The minimum atomic E-state index is -2.11. The van der Waals surface area contributed by atoms with Gasteiger partial charge in [-0.1, -0.05) is 30.3 Å². The van der Waals surface area contributed by atoms with Crippen LogP contribution in [0.3, 0.4) is 0 Å². The molecule has 0 radical (unpaired) electrons. The van der Waals surface area contributed by atoms with Crippen LogP contribution in [0.2, 0.25) is 0 Å². The first-order chi connectivity index (χ1) is 14.4. The maximum Gasteiger partial charge on any atom is 0.343 e. The van der Waals surface area contributed by atoms with Crippen molar-refractivity contribution in [2.24, 2.45) is 0 Å². The van der Waals surface area contributed by atoms with Crippen LogP contribution in [-0.4, -0.2) is 49.4 Å². The molecule has 0 saturated heterocycles. The summed E-state index contributed by atoms with van der Waals surface area (Å²) in [6.07, 6.45) is 0.797. The first-order valence-electron chi connectivity index (χ1n) is 9.47. The SMILES string of the molecule is CCOc1noc(CC(NC(C)=O)(C(=O)OC)C(=O)OC)c1CCc1ccccc1. The molecule has 30 heavy (non-hydrogen) atoms. The number of esters is 2. The molecule has 0 spiro atoms. The van der Waals surface area contributed by atoms with E-state index in [9.17, 15) is 14.4 Å². The van der Waals surface area contributed by atoms with Crippen molar-refractivity contribution in [1.29, 1.82) is 0 Å². The molecule has 0 bridgehead atoms. The van der Waals surface area contributed by atoms with E-state index in [4.69, 9.17) is 18.7 Å². The van der Waals surface area contributed by atoms with Crippen LogP contribution in [0.4, 0.5) is 0 Å². The Hall–Kier alpha value is -3.36. The standard InChI is InChI=1S/C21H26N2O7/c1-5-29-18-16(12-11-15-9-7-6-8-10-15)17(30-23-18)13-21(19(25)27-3,20(26)28-4)22-14(2)24/h6-10H,5,11-13H2,1-4H3,(H,22,24). The van der Waals surface area contributed by atoms with E-state index in [1.54, 1.807) is 6.92 Å². The summed E-state index contributed by atoms with van der Waals surface area (Å²) in [7, 11) is 2.23. The number of hydrogen-bond donors (Lipinski definition) is 1. The lowest BCUT2D eigenvalue weighted by molar-refractivity contribution is -0.165. The Kier molecular flexibility index (Phi) is 7.97. The molecule has 0 aliphatic carbocycles. The summed E-state index contributed by atoms with van der Waals surface area (Å²) >= 11 is 0. The molecule has 1 aromatic heterocycles. The number of ether oxygens (including phenoxy) is 3. The second-order valence-corrected chi connectivity index (χ2v) is 6.55. The zero-order valence-electron chi connectivity index (χ0n) is 17.5. The summed E-state index contributed by atoms with van der Waals surface area (Å²) in [6.45, 7) is 3.35. The van der Waals surface area contributed by atoms with Crippen molar-refractivity contribution < 1.29 is 33.1 Å². The van der Waals surface area contributed by atoms with E-state index in [1.807, 2.05) is 30.3 Å². The van der Waals surface area contributed by atoms with E-state index in [1.165, 1.54) is 6.92 Å². The van der Waals surface area contributed by atoms with E-state index in [0.29, 0.717) is 25.0 Å². The maximum absolute atomic E-state index is 12.6. The molecule has 162 valence electrons. The van der Waals surface area contributed by atoms with Crippen molar-refractivity contribution in [1.82, 2.24) is 10.5 Å². The van der Waals surface area contributed by atoms with Crippen LogP contribution in [0.15, 0.2) is 34.9 Å². The van der Waals surface area contributed by atoms with Gasteiger partial charge in [-0.3, -0.25) is 4.79 Å².